The van der Waals surface area contributed by atoms with Crippen LogP contribution in [-0.4, -0.2) is 36.3 Å². The van der Waals surface area contributed by atoms with Gasteiger partial charge in [-0.3, -0.25) is 0 Å². The van der Waals surface area contributed by atoms with Crippen molar-refractivity contribution in [3.63, 3.8) is 0 Å². The van der Waals surface area contributed by atoms with E-state index in [9.17, 15) is 0 Å². The number of rotatable bonds is 4. The molecule has 0 aromatic carbocycles. The minimum absolute atomic E-state index is 0.137. The number of nitrogens with one attached hydrogen (secondary N) is 1. The number of halogens is 1. The molecule has 1 unspecified atom stereocenters. The zero-order chi connectivity index (χ0) is 14.8. The highest BCUT2D eigenvalue weighted by molar-refractivity contribution is 9.10. The summed E-state index contributed by atoms with van der Waals surface area (Å²) in [6, 6.07) is 2.15. The average molecular weight is 342 g/mol. The number of pyridine rings is 1. The predicted molar refractivity (Wildman–Crippen MR) is 86.2 cm³/mol. The van der Waals surface area contributed by atoms with E-state index < -0.39 is 0 Å². The van der Waals surface area contributed by atoms with Gasteiger partial charge < -0.3 is 15.0 Å². The van der Waals surface area contributed by atoms with Crippen molar-refractivity contribution in [1.82, 2.24) is 10.3 Å². The van der Waals surface area contributed by atoms with Gasteiger partial charge in [0, 0.05) is 35.9 Å². The molecule has 0 bridgehead atoms. The van der Waals surface area contributed by atoms with Crippen LogP contribution >= 0.6 is 15.9 Å². The van der Waals surface area contributed by atoms with Crippen molar-refractivity contribution < 1.29 is 4.74 Å². The summed E-state index contributed by atoms with van der Waals surface area (Å²) in [4.78, 5) is 6.98. The van der Waals surface area contributed by atoms with Crippen molar-refractivity contribution in [2.75, 3.05) is 24.5 Å². The van der Waals surface area contributed by atoms with Gasteiger partial charge in [-0.05, 0) is 49.3 Å². The van der Waals surface area contributed by atoms with Crippen LogP contribution in [0.1, 0.15) is 33.3 Å². The van der Waals surface area contributed by atoms with E-state index in [0.29, 0.717) is 0 Å². The maximum Gasteiger partial charge on any atom is 0.133 e. The van der Waals surface area contributed by atoms with E-state index in [4.69, 9.17) is 4.74 Å². The number of ether oxygens (including phenoxy) is 1. The molecule has 4 nitrogen and oxygen atoms in total. The Kier molecular flexibility index (Phi) is 5.04. The van der Waals surface area contributed by atoms with Gasteiger partial charge in [-0.15, -0.1) is 0 Å². The van der Waals surface area contributed by atoms with E-state index in [0.717, 1.165) is 36.5 Å². The summed E-state index contributed by atoms with van der Waals surface area (Å²) in [5.74, 6) is 1.07. The van der Waals surface area contributed by atoms with E-state index in [1.165, 1.54) is 5.56 Å². The van der Waals surface area contributed by atoms with Crippen LogP contribution in [0.25, 0.3) is 0 Å². The second-order valence-electron chi connectivity index (χ2n) is 5.99. The quantitative estimate of drug-likeness (QED) is 0.913. The van der Waals surface area contributed by atoms with Crippen LogP contribution in [0.3, 0.4) is 0 Å². The topological polar surface area (TPSA) is 37.4 Å². The molecule has 1 aromatic heterocycles. The Hall–Kier alpha value is -0.650. The van der Waals surface area contributed by atoms with E-state index in [1.54, 1.807) is 0 Å². The van der Waals surface area contributed by atoms with Crippen LogP contribution in [0.5, 0.6) is 0 Å². The molecule has 0 amide bonds. The lowest BCUT2D eigenvalue weighted by Crippen LogP contribution is -2.52. The highest BCUT2D eigenvalue weighted by Gasteiger charge is 2.32. The molecule has 1 saturated heterocycles. The van der Waals surface area contributed by atoms with Crippen LogP contribution in [0.4, 0.5) is 5.82 Å². The Morgan fingerprint density at radius 2 is 2.30 bits per heavy atom. The van der Waals surface area contributed by atoms with Gasteiger partial charge in [-0.2, -0.15) is 0 Å². The molecule has 5 heteroatoms. The summed E-state index contributed by atoms with van der Waals surface area (Å²) in [5.41, 5.74) is 1.09. The van der Waals surface area contributed by atoms with Crippen molar-refractivity contribution in [3.05, 3.63) is 22.3 Å². The van der Waals surface area contributed by atoms with Gasteiger partial charge in [0.25, 0.3) is 0 Å². The molecule has 1 aliphatic heterocycles. The predicted octanol–water partition coefficient (Wildman–Crippen LogP) is 2.96. The third-order valence-corrected chi connectivity index (χ3v) is 3.78. The van der Waals surface area contributed by atoms with E-state index in [2.05, 4.69) is 64.9 Å². The smallest absolute Gasteiger partial charge is 0.133 e. The highest BCUT2D eigenvalue weighted by Crippen LogP contribution is 2.28. The lowest BCUT2D eigenvalue weighted by molar-refractivity contribution is -0.0752. The first-order valence-electron chi connectivity index (χ1n) is 7.19. The fraction of sp³-hybridized carbons (Fsp3) is 0.667. The van der Waals surface area contributed by atoms with E-state index in [-0.39, 0.29) is 11.7 Å². The lowest BCUT2D eigenvalue weighted by Gasteiger charge is -2.42. The van der Waals surface area contributed by atoms with Crippen molar-refractivity contribution in [2.24, 2.45) is 0 Å². The van der Waals surface area contributed by atoms with Gasteiger partial charge in [-0.1, -0.05) is 6.92 Å². The Labute approximate surface area is 130 Å². The first-order valence-corrected chi connectivity index (χ1v) is 7.98. The van der Waals surface area contributed by atoms with Crippen LogP contribution in [-0.2, 0) is 11.3 Å². The van der Waals surface area contributed by atoms with E-state index >= 15 is 0 Å². The number of hydrogen-bond acceptors (Lipinski definition) is 4. The van der Waals surface area contributed by atoms with Crippen LogP contribution < -0.4 is 10.2 Å². The molecule has 2 heterocycles. The third-order valence-electron chi connectivity index (χ3n) is 3.34. The number of nitrogens with zero attached hydrogens (tertiary/aromatic N) is 2. The zero-order valence-electron chi connectivity index (χ0n) is 12.7. The number of anilines is 1. The molecule has 1 fully saturated rings. The first kappa shape index (κ1) is 15.7. The Morgan fingerprint density at radius 3 is 2.95 bits per heavy atom. The second-order valence-corrected chi connectivity index (χ2v) is 6.90. The molecular weight excluding hydrogens is 318 g/mol. The zero-order valence-corrected chi connectivity index (χ0v) is 14.3. The highest BCUT2D eigenvalue weighted by atomic mass is 79.9. The van der Waals surface area contributed by atoms with Crippen molar-refractivity contribution in [2.45, 2.75) is 45.9 Å². The maximum absolute atomic E-state index is 5.98. The summed E-state index contributed by atoms with van der Waals surface area (Å²) in [6.45, 7) is 12.1. The summed E-state index contributed by atoms with van der Waals surface area (Å²) in [6.07, 6.45) is 2.09. The molecule has 1 atom stereocenters. The molecule has 0 saturated carbocycles. The van der Waals surface area contributed by atoms with Gasteiger partial charge >= 0.3 is 0 Å². The number of hydrogen-bond donors (Lipinski definition) is 1. The molecular formula is C15H24BrN3O. The SMILES string of the molecule is CCNCc1cc(Br)cnc1N1CC(C)OC(C)(C)C1. The first-order chi connectivity index (χ1) is 9.41. The summed E-state index contributed by atoms with van der Waals surface area (Å²) in [5, 5.41) is 3.38. The van der Waals surface area contributed by atoms with E-state index in [1.807, 2.05) is 6.20 Å². The maximum atomic E-state index is 5.98. The molecule has 1 N–H and O–H groups in total. The minimum Gasteiger partial charge on any atom is -0.369 e. The summed E-state index contributed by atoms with van der Waals surface area (Å²) < 4.78 is 7.00. The van der Waals surface area contributed by atoms with Crippen LogP contribution in [0.2, 0.25) is 0 Å². The lowest BCUT2D eigenvalue weighted by atomic mass is 10.0. The number of morpholine rings is 1. The van der Waals surface area contributed by atoms with Gasteiger partial charge in [0.05, 0.1) is 11.7 Å². The van der Waals surface area contributed by atoms with Crippen molar-refractivity contribution in [1.29, 1.82) is 0 Å². The third kappa shape index (κ3) is 3.93. The molecule has 0 radical (unpaired) electrons. The van der Waals surface area contributed by atoms with Gasteiger partial charge in [-0.25, -0.2) is 4.98 Å². The standard InChI is InChI=1S/C15H24BrN3O/c1-5-17-7-12-6-13(16)8-18-14(12)19-9-11(2)20-15(3,4)10-19/h6,8,11,17H,5,7,9-10H2,1-4H3. The molecule has 1 aliphatic rings. The van der Waals surface area contributed by atoms with Gasteiger partial charge in [0.1, 0.15) is 5.82 Å². The molecule has 112 valence electrons. The van der Waals surface area contributed by atoms with Crippen LogP contribution in [0.15, 0.2) is 16.7 Å². The molecule has 1 aromatic rings. The normalized spacial score (nSPS) is 22.1. The number of aromatic nitrogens is 1. The largest absolute Gasteiger partial charge is 0.369 e. The second kappa shape index (κ2) is 6.41. The fourth-order valence-electron chi connectivity index (χ4n) is 2.76. The fourth-order valence-corrected chi connectivity index (χ4v) is 3.14. The summed E-state index contributed by atoms with van der Waals surface area (Å²) in [7, 11) is 0. The van der Waals surface area contributed by atoms with Crippen molar-refractivity contribution in [3.8, 4) is 0 Å². The monoisotopic (exact) mass is 341 g/mol. The Morgan fingerprint density at radius 1 is 1.55 bits per heavy atom. The molecule has 0 spiro atoms. The van der Waals surface area contributed by atoms with Crippen molar-refractivity contribution >= 4 is 21.7 Å². The average Bonchev–Trinajstić information content (AvgIpc) is 2.33. The molecule has 20 heavy (non-hydrogen) atoms. The Balaban J connectivity index is 2.26. The van der Waals surface area contributed by atoms with Crippen LogP contribution in [0, 0.1) is 0 Å². The van der Waals surface area contributed by atoms with Gasteiger partial charge in [0.15, 0.2) is 0 Å². The minimum atomic E-state index is -0.137. The Bertz CT molecular complexity index is 464. The summed E-state index contributed by atoms with van der Waals surface area (Å²) >= 11 is 3.51. The molecule has 2 rings (SSSR count). The van der Waals surface area contributed by atoms with Gasteiger partial charge in [0.2, 0.25) is 0 Å². The molecule has 0 aliphatic carbocycles.